The van der Waals surface area contributed by atoms with Gasteiger partial charge in [-0.1, -0.05) is 11.6 Å². The highest BCUT2D eigenvalue weighted by molar-refractivity contribution is 6.30. The Morgan fingerprint density at radius 1 is 1.53 bits per heavy atom. The van der Waals surface area contributed by atoms with E-state index in [9.17, 15) is 4.79 Å². The minimum atomic E-state index is -0.409. The number of rotatable bonds is 1. The third-order valence-electron chi connectivity index (χ3n) is 1.89. The molecule has 15 heavy (non-hydrogen) atoms. The van der Waals surface area contributed by atoms with Crippen LogP contribution in [0.5, 0.6) is 0 Å². The second-order valence-corrected chi connectivity index (χ2v) is 3.24. The minimum absolute atomic E-state index is 0.364. The molecule has 6 heteroatoms. The number of hydrogen-bond donors (Lipinski definition) is 1. The zero-order valence-corrected chi connectivity index (χ0v) is 8.19. The Balaban J connectivity index is 2.73. The van der Waals surface area contributed by atoms with Crippen LogP contribution in [0.1, 0.15) is 5.56 Å². The summed E-state index contributed by atoms with van der Waals surface area (Å²) >= 11 is 5.79. The molecule has 1 aromatic heterocycles. The number of halogens is 1. The zero-order chi connectivity index (χ0) is 10.8. The van der Waals surface area contributed by atoms with Gasteiger partial charge in [-0.15, -0.1) is 0 Å². The maximum Gasteiger partial charge on any atom is 0.347 e. The molecule has 0 saturated carbocycles. The van der Waals surface area contributed by atoms with E-state index in [1.807, 2.05) is 6.07 Å². The molecule has 1 N–H and O–H groups in total. The summed E-state index contributed by atoms with van der Waals surface area (Å²) in [6.07, 6.45) is 1.30. The lowest BCUT2D eigenvalue weighted by Gasteiger charge is -2.02. The van der Waals surface area contributed by atoms with E-state index in [-0.39, 0.29) is 0 Å². The van der Waals surface area contributed by atoms with Crippen molar-refractivity contribution in [3.05, 3.63) is 45.6 Å². The summed E-state index contributed by atoms with van der Waals surface area (Å²) in [5.74, 6) is 0. The van der Waals surface area contributed by atoms with Gasteiger partial charge in [-0.05, 0) is 18.2 Å². The van der Waals surface area contributed by atoms with Gasteiger partial charge >= 0.3 is 5.69 Å². The first-order valence-electron chi connectivity index (χ1n) is 4.04. The second-order valence-electron chi connectivity index (χ2n) is 2.80. The summed E-state index contributed by atoms with van der Waals surface area (Å²) in [6.45, 7) is 0. The molecular weight excluding hydrogens is 216 g/mol. The Morgan fingerprint density at radius 3 is 2.93 bits per heavy atom. The number of aromatic nitrogens is 3. The van der Waals surface area contributed by atoms with Gasteiger partial charge in [0.05, 0.1) is 11.3 Å². The number of benzene rings is 1. The van der Waals surface area contributed by atoms with E-state index in [1.165, 1.54) is 17.0 Å². The lowest BCUT2D eigenvalue weighted by Crippen LogP contribution is -2.15. The van der Waals surface area contributed by atoms with Crippen LogP contribution in [0.3, 0.4) is 0 Å². The number of aromatic amines is 1. The average Bonchev–Trinajstić information content (AvgIpc) is 2.64. The third kappa shape index (κ3) is 1.63. The number of hydrogen-bond acceptors (Lipinski definition) is 3. The monoisotopic (exact) mass is 220 g/mol. The van der Waals surface area contributed by atoms with Gasteiger partial charge in [0.15, 0.2) is 0 Å². The number of nitriles is 1. The van der Waals surface area contributed by atoms with Gasteiger partial charge < -0.3 is 0 Å². The van der Waals surface area contributed by atoms with E-state index in [1.54, 1.807) is 12.1 Å². The maximum atomic E-state index is 11.3. The van der Waals surface area contributed by atoms with E-state index >= 15 is 0 Å². The minimum Gasteiger partial charge on any atom is -0.248 e. The molecule has 2 aromatic rings. The van der Waals surface area contributed by atoms with Crippen LogP contribution in [0.4, 0.5) is 0 Å². The van der Waals surface area contributed by atoms with Crippen LogP contribution in [0.25, 0.3) is 5.69 Å². The van der Waals surface area contributed by atoms with Crippen LogP contribution >= 0.6 is 11.6 Å². The lowest BCUT2D eigenvalue weighted by atomic mass is 10.2. The largest absolute Gasteiger partial charge is 0.347 e. The van der Waals surface area contributed by atoms with Crippen LogP contribution in [0.15, 0.2) is 29.3 Å². The van der Waals surface area contributed by atoms with E-state index in [2.05, 4.69) is 10.2 Å². The molecule has 0 aliphatic heterocycles. The number of nitrogens with one attached hydrogen (secondary N) is 1. The van der Waals surface area contributed by atoms with E-state index in [0.29, 0.717) is 16.3 Å². The predicted molar refractivity (Wildman–Crippen MR) is 53.9 cm³/mol. The van der Waals surface area contributed by atoms with Gasteiger partial charge in [-0.3, -0.25) is 0 Å². The quantitative estimate of drug-likeness (QED) is 0.782. The molecule has 74 valence electrons. The van der Waals surface area contributed by atoms with Crippen molar-refractivity contribution in [2.75, 3.05) is 0 Å². The molecule has 0 spiro atoms. The molecule has 1 heterocycles. The molecule has 0 radical (unpaired) electrons. The van der Waals surface area contributed by atoms with E-state index < -0.39 is 5.69 Å². The van der Waals surface area contributed by atoms with Crippen molar-refractivity contribution in [2.24, 2.45) is 0 Å². The molecule has 0 bridgehead atoms. The zero-order valence-electron chi connectivity index (χ0n) is 7.44. The van der Waals surface area contributed by atoms with Gasteiger partial charge in [0, 0.05) is 5.02 Å². The second kappa shape index (κ2) is 3.59. The van der Waals surface area contributed by atoms with Gasteiger partial charge in [0.2, 0.25) is 0 Å². The summed E-state index contributed by atoms with van der Waals surface area (Å²) < 4.78 is 1.23. The lowest BCUT2D eigenvalue weighted by molar-refractivity contribution is 0.979. The van der Waals surface area contributed by atoms with Crippen molar-refractivity contribution < 1.29 is 0 Å². The maximum absolute atomic E-state index is 11.3. The normalized spacial score (nSPS) is 9.87. The van der Waals surface area contributed by atoms with Crippen molar-refractivity contribution in [3.63, 3.8) is 0 Å². The highest BCUT2D eigenvalue weighted by Crippen LogP contribution is 2.17. The fourth-order valence-electron chi connectivity index (χ4n) is 1.22. The molecule has 0 amide bonds. The standard InChI is InChI=1S/C9H5ClN4O/c10-7-2-1-6(4-11)8(3-7)14-5-12-13-9(14)15/h1-3,5H,(H,13,15). The first-order chi connectivity index (χ1) is 7.22. The summed E-state index contributed by atoms with van der Waals surface area (Å²) in [5.41, 5.74) is 0.375. The Hall–Kier alpha value is -2.06. The fraction of sp³-hybridized carbons (Fsp3) is 0. The molecule has 0 saturated heterocycles. The first-order valence-corrected chi connectivity index (χ1v) is 4.42. The van der Waals surface area contributed by atoms with E-state index in [4.69, 9.17) is 16.9 Å². The van der Waals surface area contributed by atoms with Crippen LogP contribution in [0, 0.1) is 11.3 Å². The van der Waals surface area contributed by atoms with Gasteiger partial charge in [-0.25, -0.2) is 14.5 Å². The SMILES string of the molecule is N#Cc1ccc(Cl)cc1-n1cn[nH]c1=O. The van der Waals surface area contributed by atoms with Crippen LogP contribution in [-0.4, -0.2) is 14.8 Å². The summed E-state index contributed by atoms with van der Waals surface area (Å²) in [4.78, 5) is 11.3. The highest BCUT2D eigenvalue weighted by atomic mass is 35.5. The molecule has 0 atom stereocenters. The predicted octanol–water partition coefficient (Wildman–Crippen LogP) is 1.09. The van der Waals surface area contributed by atoms with Crippen molar-refractivity contribution in [3.8, 4) is 11.8 Å². The summed E-state index contributed by atoms with van der Waals surface area (Å²) in [7, 11) is 0. The molecule has 0 aliphatic rings. The highest BCUT2D eigenvalue weighted by Gasteiger charge is 2.07. The third-order valence-corrected chi connectivity index (χ3v) is 2.13. The van der Waals surface area contributed by atoms with Gasteiger partial charge in [0.1, 0.15) is 12.4 Å². The van der Waals surface area contributed by atoms with Crippen molar-refractivity contribution in [1.82, 2.24) is 14.8 Å². The topological polar surface area (TPSA) is 74.5 Å². The Bertz CT molecular complexity index is 593. The molecule has 5 nitrogen and oxygen atoms in total. The summed E-state index contributed by atoms with van der Waals surface area (Å²) in [6, 6.07) is 6.66. The molecule has 2 rings (SSSR count). The van der Waals surface area contributed by atoms with Crippen molar-refractivity contribution in [1.29, 1.82) is 5.26 Å². The van der Waals surface area contributed by atoms with Crippen molar-refractivity contribution in [2.45, 2.75) is 0 Å². The van der Waals surface area contributed by atoms with Crippen molar-refractivity contribution >= 4 is 11.6 Å². The van der Waals surface area contributed by atoms with Crippen LogP contribution < -0.4 is 5.69 Å². The van der Waals surface area contributed by atoms with Gasteiger partial charge in [-0.2, -0.15) is 10.4 Å². The van der Waals surface area contributed by atoms with Crippen LogP contribution in [-0.2, 0) is 0 Å². The molecule has 1 aromatic carbocycles. The average molecular weight is 221 g/mol. The Labute approximate surface area is 89.5 Å². The van der Waals surface area contributed by atoms with Crippen LogP contribution in [0.2, 0.25) is 5.02 Å². The fourth-order valence-corrected chi connectivity index (χ4v) is 1.38. The first kappa shape index (κ1) is 9.49. The Kier molecular flexibility index (Phi) is 2.27. The number of H-pyrrole nitrogens is 1. The van der Waals surface area contributed by atoms with Gasteiger partial charge in [0.25, 0.3) is 0 Å². The summed E-state index contributed by atoms with van der Waals surface area (Å²) in [5, 5.41) is 15.1. The molecule has 0 aliphatic carbocycles. The number of nitrogens with zero attached hydrogens (tertiary/aromatic N) is 3. The van der Waals surface area contributed by atoms with E-state index in [0.717, 1.165) is 0 Å². The smallest absolute Gasteiger partial charge is 0.248 e. The molecular formula is C9H5ClN4O. The Morgan fingerprint density at radius 2 is 2.33 bits per heavy atom. The molecule has 0 fully saturated rings. The molecule has 0 unspecified atom stereocenters.